The van der Waals surface area contributed by atoms with E-state index in [1.54, 1.807) is 11.0 Å². The van der Waals surface area contributed by atoms with Gasteiger partial charge < -0.3 is 19.5 Å². The maximum Gasteiger partial charge on any atom is 0.295 e. The first-order valence-electron chi connectivity index (χ1n) is 10.3. The number of amides is 1. The van der Waals surface area contributed by atoms with E-state index in [4.69, 9.17) is 9.47 Å². The Kier molecular flexibility index (Phi) is 4.87. The molecule has 0 bridgehead atoms. The van der Waals surface area contributed by atoms with Crippen molar-refractivity contribution in [2.45, 2.75) is 44.4 Å². The van der Waals surface area contributed by atoms with Crippen LogP contribution in [0.25, 0.3) is 5.76 Å². The highest BCUT2D eigenvalue weighted by Gasteiger charge is 2.47. The van der Waals surface area contributed by atoms with Crippen LogP contribution in [-0.2, 0) is 20.7 Å². The van der Waals surface area contributed by atoms with Crippen LogP contribution in [0, 0.1) is 0 Å². The highest BCUT2D eigenvalue weighted by molar-refractivity contribution is 7.10. The summed E-state index contributed by atoms with van der Waals surface area (Å²) in [7, 11) is 0. The number of Topliss-reactive ketones (excluding diaryl/α,β-unsaturated/α-hetero) is 1. The molecule has 3 aliphatic rings. The fraction of sp³-hybridized carbons (Fsp3) is 0.391. The van der Waals surface area contributed by atoms with E-state index in [0.717, 1.165) is 35.5 Å². The van der Waals surface area contributed by atoms with Crippen molar-refractivity contribution in [3.05, 3.63) is 57.3 Å². The van der Waals surface area contributed by atoms with Crippen molar-refractivity contribution in [1.82, 2.24) is 4.90 Å². The lowest BCUT2D eigenvalue weighted by Crippen LogP contribution is -2.36. The van der Waals surface area contributed by atoms with Crippen molar-refractivity contribution in [3.8, 4) is 5.75 Å². The van der Waals surface area contributed by atoms with Crippen molar-refractivity contribution in [3.63, 3.8) is 0 Å². The van der Waals surface area contributed by atoms with E-state index in [2.05, 4.69) is 0 Å². The Morgan fingerprint density at radius 2 is 2.17 bits per heavy atom. The fourth-order valence-electron chi connectivity index (χ4n) is 4.54. The number of ether oxygens (including phenoxy) is 2. The Bertz CT molecular complexity index is 1020. The molecule has 0 radical (unpaired) electrons. The topological polar surface area (TPSA) is 76.1 Å². The monoisotopic (exact) mass is 425 g/mol. The van der Waals surface area contributed by atoms with Gasteiger partial charge in [0.1, 0.15) is 17.6 Å². The first kappa shape index (κ1) is 19.3. The maximum atomic E-state index is 13.0. The zero-order chi connectivity index (χ0) is 20.8. The van der Waals surface area contributed by atoms with Gasteiger partial charge in [0, 0.05) is 30.0 Å². The molecule has 1 aromatic carbocycles. The van der Waals surface area contributed by atoms with E-state index in [-0.39, 0.29) is 23.5 Å². The number of likely N-dealkylation sites (tertiary alicyclic amines) is 1. The molecule has 2 saturated heterocycles. The van der Waals surface area contributed by atoms with Gasteiger partial charge in [-0.1, -0.05) is 6.07 Å². The molecular formula is C23H23NO5S. The number of thiophene rings is 1. The molecule has 1 N–H and O–H groups in total. The number of carbonyl (C=O) groups is 2. The van der Waals surface area contributed by atoms with Crippen LogP contribution in [-0.4, -0.2) is 47.1 Å². The SMILES string of the molecule is C[C@H]1Cc2cc(C(O)=C3C(=O)C(=O)N(C[C@@H]4CCCO4)[C@H]3c3cccs3)ccc2O1. The largest absolute Gasteiger partial charge is 0.507 e. The van der Waals surface area contributed by atoms with Gasteiger partial charge in [0.05, 0.1) is 17.7 Å². The van der Waals surface area contributed by atoms with E-state index >= 15 is 0 Å². The predicted octanol–water partition coefficient (Wildman–Crippen LogP) is 3.67. The van der Waals surface area contributed by atoms with Gasteiger partial charge in [-0.15, -0.1) is 11.3 Å². The van der Waals surface area contributed by atoms with Crippen molar-refractivity contribution >= 4 is 28.8 Å². The van der Waals surface area contributed by atoms with Crippen LogP contribution in [0.2, 0.25) is 0 Å². The third kappa shape index (κ3) is 3.22. The molecule has 2 aromatic rings. The second kappa shape index (κ2) is 7.56. The molecule has 0 spiro atoms. The molecule has 2 fully saturated rings. The molecule has 5 rings (SSSR count). The molecule has 30 heavy (non-hydrogen) atoms. The normalized spacial score (nSPS) is 27.5. The molecule has 156 valence electrons. The van der Waals surface area contributed by atoms with Crippen LogP contribution in [0.3, 0.4) is 0 Å². The van der Waals surface area contributed by atoms with Crippen LogP contribution in [0.4, 0.5) is 0 Å². The van der Waals surface area contributed by atoms with Gasteiger partial charge in [0.25, 0.3) is 11.7 Å². The lowest BCUT2D eigenvalue weighted by atomic mass is 9.98. The second-order valence-electron chi connectivity index (χ2n) is 8.06. The Morgan fingerprint density at radius 1 is 1.30 bits per heavy atom. The molecular weight excluding hydrogens is 402 g/mol. The Balaban J connectivity index is 1.57. The molecule has 1 aromatic heterocycles. The summed E-state index contributed by atoms with van der Waals surface area (Å²) in [5.41, 5.74) is 1.67. The average molecular weight is 426 g/mol. The van der Waals surface area contributed by atoms with Gasteiger partial charge in [-0.3, -0.25) is 9.59 Å². The fourth-order valence-corrected chi connectivity index (χ4v) is 5.39. The van der Waals surface area contributed by atoms with Crippen molar-refractivity contribution in [2.75, 3.05) is 13.2 Å². The Hall–Kier alpha value is -2.64. The summed E-state index contributed by atoms with van der Waals surface area (Å²) in [6.45, 7) is 3.01. The number of hydrogen-bond acceptors (Lipinski definition) is 6. The Morgan fingerprint density at radius 3 is 2.90 bits per heavy atom. The van der Waals surface area contributed by atoms with Crippen molar-refractivity contribution in [1.29, 1.82) is 0 Å². The minimum Gasteiger partial charge on any atom is -0.507 e. The molecule has 0 aliphatic carbocycles. The van der Waals surface area contributed by atoms with E-state index in [1.165, 1.54) is 11.3 Å². The van der Waals surface area contributed by atoms with Crippen LogP contribution < -0.4 is 4.74 Å². The number of aliphatic hydroxyl groups is 1. The molecule has 3 aliphatic heterocycles. The number of nitrogens with zero attached hydrogens (tertiary/aromatic N) is 1. The summed E-state index contributed by atoms with van der Waals surface area (Å²) in [5, 5.41) is 13.1. The quantitative estimate of drug-likeness (QED) is 0.460. The van der Waals surface area contributed by atoms with Crippen LogP contribution in [0.1, 0.15) is 41.8 Å². The summed E-state index contributed by atoms with van der Waals surface area (Å²) in [6, 6.07) is 8.60. The van der Waals surface area contributed by atoms with Crippen LogP contribution >= 0.6 is 11.3 Å². The lowest BCUT2D eigenvalue weighted by molar-refractivity contribution is -0.140. The maximum absolute atomic E-state index is 13.0. The molecule has 7 heteroatoms. The molecule has 0 saturated carbocycles. The van der Waals surface area contributed by atoms with Crippen LogP contribution in [0.15, 0.2) is 41.3 Å². The van der Waals surface area contributed by atoms with Gasteiger partial charge in [0.2, 0.25) is 0 Å². The van der Waals surface area contributed by atoms with E-state index in [0.29, 0.717) is 18.7 Å². The number of carbonyl (C=O) groups excluding carboxylic acids is 2. The summed E-state index contributed by atoms with van der Waals surface area (Å²) < 4.78 is 11.4. The number of rotatable bonds is 4. The number of ketones is 1. The van der Waals surface area contributed by atoms with E-state index in [9.17, 15) is 14.7 Å². The third-order valence-corrected chi connectivity index (χ3v) is 6.87. The standard InChI is InChI=1S/C23H23NO5S/c1-13-10-15-11-14(6-7-17(15)29-13)21(25)19-20(18-5-3-9-30-18)24(23(27)22(19)26)12-16-4-2-8-28-16/h3,5-7,9,11,13,16,20,25H,2,4,8,10,12H2,1H3/t13-,16-,20-/m0/s1. The number of fused-ring (bicyclic) bond motifs is 1. The molecule has 3 atom stereocenters. The zero-order valence-electron chi connectivity index (χ0n) is 16.7. The van der Waals surface area contributed by atoms with Crippen molar-refractivity contribution in [2.24, 2.45) is 0 Å². The molecule has 1 amide bonds. The van der Waals surface area contributed by atoms with Crippen molar-refractivity contribution < 1.29 is 24.2 Å². The van der Waals surface area contributed by atoms with E-state index in [1.807, 2.05) is 36.6 Å². The summed E-state index contributed by atoms with van der Waals surface area (Å²) in [5.74, 6) is -0.561. The van der Waals surface area contributed by atoms with Gasteiger partial charge >= 0.3 is 0 Å². The number of hydrogen-bond donors (Lipinski definition) is 1. The van der Waals surface area contributed by atoms with Crippen LogP contribution in [0.5, 0.6) is 5.75 Å². The first-order valence-corrected chi connectivity index (χ1v) is 11.1. The smallest absolute Gasteiger partial charge is 0.295 e. The minimum atomic E-state index is -0.644. The van der Waals surface area contributed by atoms with E-state index < -0.39 is 17.7 Å². The Labute approximate surface area is 178 Å². The molecule has 6 nitrogen and oxygen atoms in total. The zero-order valence-corrected chi connectivity index (χ0v) is 17.5. The minimum absolute atomic E-state index is 0.0793. The highest BCUT2D eigenvalue weighted by Crippen LogP contribution is 2.42. The summed E-state index contributed by atoms with van der Waals surface area (Å²) >= 11 is 1.47. The summed E-state index contributed by atoms with van der Waals surface area (Å²) in [6.07, 6.45) is 2.57. The van der Waals surface area contributed by atoms with Gasteiger partial charge in [-0.05, 0) is 55.0 Å². The van der Waals surface area contributed by atoms with Gasteiger partial charge in [-0.2, -0.15) is 0 Å². The highest BCUT2D eigenvalue weighted by atomic mass is 32.1. The lowest BCUT2D eigenvalue weighted by Gasteiger charge is -2.26. The second-order valence-corrected chi connectivity index (χ2v) is 9.04. The third-order valence-electron chi connectivity index (χ3n) is 5.95. The van der Waals surface area contributed by atoms with Gasteiger partial charge in [-0.25, -0.2) is 0 Å². The first-order chi connectivity index (χ1) is 14.5. The average Bonchev–Trinajstić information content (AvgIpc) is 3.51. The predicted molar refractivity (Wildman–Crippen MR) is 113 cm³/mol. The molecule has 0 unspecified atom stereocenters. The summed E-state index contributed by atoms with van der Waals surface area (Å²) in [4.78, 5) is 28.4. The number of benzene rings is 1. The molecule has 4 heterocycles. The van der Waals surface area contributed by atoms with Gasteiger partial charge in [0.15, 0.2) is 0 Å². The number of aliphatic hydroxyl groups excluding tert-OH is 1.